The van der Waals surface area contributed by atoms with Gasteiger partial charge in [-0.1, -0.05) is 0 Å². The molecule has 1 rings (SSSR count). The number of hydrogen-bond donors (Lipinski definition) is 1. The molecular weight excluding hydrogens is 172 g/mol. The number of hydrogen-bond acceptors (Lipinski definition) is 5. The van der Waals surface area contributed by atoms with Gasteiger partial charge in [0.2, 0.25) is 0 Å². The topological polar surface area (TPSA) is 81.8 Å². The second-order valence-corrected chi connectivity index (χ2v) is 2.41. The van der Waals surface area contributed by atoms with Crippen LogP contribution >= 0.6 is 0 Å². The summed E-state index contributed by atoms with van der Waals surface area (Å²) in [5.74, 6) is -0.334. The fourth-order valence-corrected chi connectivity index (χ4v) is 0.823. The van der Waals surface area contributed by atoms with Crippen molar-refractivity contribution in [2.45, 2.75) is 6.92 Å². The molecule has 0 saturated heterocycles. The molecule has 13 heavy (non-hydrogen) atoms. The normalized spacial score (nSPS) is 9.31. The van der Waals surface area contributed by atoms with E-state index in [0.717, 1.165) is 0 Å². The predicted octanol–water partition coefficient (Wildman–Crippen LogP) is 1.59. The summed E-state index contributed by atoms with van der Waals surface area (Å²) >= 11 is 0. The minimum absolute atomic E-state index is 0.157. The van der Waals surface area contributed by atoms with Crippen molar-refractivity contribution in [3.05, 3.63) is 23.1 Å². The van der Waals surface area contributed by atoms with Gasteiger partial charge in [-0.2, -0.15) is 0 Å². The molecule has 0 saturated carbocycles. The van der Waals surface area contributed by atoms with E-state index in [-0.39, 0.29) is 11.4 Å². The molecule has 1 aromatic rings. The van der Waals surface area contributed by atoms with Crippen LogP contribution in [-0.2, 0) is 4.79 Å². The number of nitrogens with zero attached hydrogens (tertiary/aromatic N) is 1. The van der Waals surface area contributed by atoms with E-state index in [9.17, 15) is 9.70 Å². The van der Waals surface area contributed by atoms with Crippen LogP contribution in [0.5, 0.6) is 5.75 Å². The monoisotopic (exact) mass is 180 g/mol. The molecule has 68 valence electrons. The van der Waals surface area contributed by atoms with Gasteiger partial charge in [0, 0.05) is 13.0 Å². The molecule has 0 bridgehead atoms. The molecule has 0 aliphatic rings. The van der Waals surface area contributed by atoms with Gasteiger partial charge in [-0.3, -0.25) is 4.79 Å². The molecule has 0 spiro atoms. The summed E-state index contributed by atoms with van der Waals surface area (Å²) in [6.45, 7) is 1.25. The highest BCUT2D eigenvalue weighted by molar-refractivity contribution is 5.73. The minimum Gasteiger partial charge on any atom is -0.424 e. The Morgan fingerprint density at radius 3 is 2.77 bits per heavy atom. The van der Waals surface area contributed by atoms with Crippen LogP contribution in [-0.4, -0.2) is 5.97 Å². The number of nitrogens with two attached hydrogens (primary N) is 1. The Labute approximate surface area is 74.5 Å². The zero-order valence-corrected chi connectivity index (χ0v) is 6.98. The molecule has 2 N–H and O–H groups in total. The molecule has 0 aliphatic heterocycles. The van der Waals surface area contributed by atoms with E-state index in [1.807, 2.05) is 0 Å². The van der Waals surface area contributed by atoms with Gasteiger partial charge in [-0.25, -0.2) is 0 Å². The summed E-state index contributed by atoms with van der Waals surface area (Å²) in [5, 5.41) is 2.68. The number of nitrogen functional groups attached to an aromatic ring is 1. The molecule has 1 aromatic carbocycles. The van der Waals surface area contributed by atoms with E-state index < -0.39 is 5.97 Å². The molecule has 5 heteroatoms. The molecule has 0 fully saturated rings. The number of carbonyl (C=O) groups is 1. The molecule has 0 radical (unpaired) electrons. The van der Waals surface area contributed by atoms with E-state index >= 15 is 0 Å². The molecule has 0 atom stereocenters. The molecule has 0 aliphatic carbocycles. The van der Waals surface area contributed by atoms with Crippen molar-refractivity contribution in [1.82, 2.24) is 0 Å². The SMILES string of the molecule is CC(=O)Oc1cc(N=O)ccc1N. The Bertz CT molecular complexity index is 349. The first-order valence-corrected chi connectivity index (χ1v) is 3.55. The van der Waals surface area contributed by atoms with Crippen LogP contribution in [0.1, 0.15) is 6.92 Å². The summed E-state index contributed by atoms with van der Waals surface area (Å²) in [4.78, 5) is 20.7. The first kappa shape index (κ1) is 9.18. The van der Waals surface area contributed by atoms with Gasteiger partial charge in [0.05, 0.1) is 5.69 Å². The van der Waals surface area contributed by atoms with Crippen molar-refractivity contribution >= 4 is 17.3 Å². The third-order valence-corrected chi connectivity index (χ3v) is 1.36. The molecule has 5 nitrogen and oxygen atoms in total. The van der Waals surface area contributed by atoms with Gasteiger partial charge in [0.15, 0.2) is 5.75 Å². The zero-order chi connectivity index (χ0) is 9.84. The van der Waals surface area contributed by atoms with Crippen molar-refractivity contribution in [3.63, 3.8) is 0 Å². The fraction of sp³-hybridized carbons (Fsp3) is 0.125. The molecule has 0 amide bonds. The van der Waals surface area contributed by atoms with Crippen LogP contribution < -0.4 is 10.5 Å². The maximum Gasteiger partial charge on any atom is 0.308 e. The Morgan fingerprint density at radius 2 is 2.23 bits per heavy atom. The summed E-state index contributed by atoms with van der Waals surface area (Å²) in [7, 11) is 0. The standard InChI is InChI=1S/C8H8N2O3/c1-5(11)13-8-4-6(10-12)2-3-7(8)9/h2-4H,9H2,1H3. The summed E-state index contributed by atoms with van der Waals surface area (Å²) in [5.41, 5.74) is 5.94. The van der Waals surface area contributed by atoms with Crippen molar-refractivity contribution in [1.29, 1.82) is 0 Å². The van der Waals surface area contributed by atoms with Crippen LogP contribution in [0.2, 0.25) is 0 Å². The quantitative estimate of drug-likeness (QED) is 0.324. The molecular formula is C8H8N2O3. The highest BCUT2D eigenvalue weighted by Crippen LogP contribution is 2.26. The van der Waals surface area contributed by atoms with E-state index in [2.05, 4.69) is 5.18 Å². The summed E-state index contributed by atoms with van der Waals surface area (Å²) < 4.78 is 4.72. The molecule has 0 aromatic heterocycles. The lowest BCUT2D eigenvalue weighted by Crippen LogP contribution is -2.03. The Morgan fingerprint density at radius 1 is 1.54 bits per heavy atom. The van der Waals surface area contributed by atoms with Crippen LogP contribution in [0.3, 0.4) is 0 Å². The number of esters is 1. The van der Waals surface area contributed by atoms with Crippen molar-refractivity contribution in [2.75, 3.05) is 5.73 Å². The maximum absolute atomic E-state index is 10.6. The lowest BCUT2D eigenvalue weighted by Gasteiger charge is -2.04. The second kappa shape index (κ2) is 3.66. The zero-order valence-electron chi connectivity index (χ0n) is 6.98. The van der Waals surface area contributed by atoms with E-state index in [1.54, 1.807) is 0 Å². The third kappa shape index (κ3) is 2.26. The van der Waals surface area contributed by atoms with Crippen molar-refractivity contribution < 1.29 is 9.53 Å². The molecule has 0 heterocycles. The van der Waals surface area contributed by atoms with Crippen LogP contribution in [0.4, 0.5) is 11.4 Å². The van der Waals surface area contributed by atoms with Gasteiger partial charge in [0.25, 0.3) is 0 Å². The number of ether oxygens (including phenoxy) is 1. The lowest BCUT2D eigenvalue weighted by atomic mass is 10.2. The maximum atomic E-state index is 10.6. The number of carbonyl (C=O) groups excluding carboxylic acids is 1. The Kier molecular flexibility index (Phi) is 2.59. The van der Waals surface area contributed by atoms with Gasteiger partial charge in [-0.15, -0.1) is 4.91 Å². The number of rotatable bonds is 2. The highest BCUT2D eigenvalue weighted by atomic mass is 16.5. The Hall–Kier alpha value is -1.91. The van der Waals surface area contributed by atoms with Crippen LogP contribution in [0, 0.1) is 4.91 Å². The third-order valence-electron chi connectivity index (χ3n) is 1.36. The predicted molar refractivity (Wildman–Crippen MR) is 47.6 cm³/mol. The fourth-order valence-electron chi connectivity index (χ4n) is 0.823. The van der Waals surface area contributed by atoms with Gasteiger partial charge < -0.3 is 10.5 Å². The minimum atomic E-state index is -0.491. The lowest BCUT2D eigenvalue weighted by molar-refractivity contribution is -0.131. The number of nitroso groups, excluding NO2 is 1. The van der Waals surface area contributed by atoms with Gasteiger partial charge in [0.1, 0.15) is 5.69 Å². The van der Waals surface area contributed by atoms with Crippen LogP contribution in [0.25, 0.3) is 0 Å². The van der Waals surface area contributed by atoms with Gasteiger partial charge in [-0.05, 0) is 17.3 Å². The Balaban J connectivity index is 3.03. The smallest absolute Gasteiger partial charge is 0.308 e. The molecule has 0 unspecified atom stereocenters. The number of anilines is 1. The van der Waals surface area contributed by atoms with Crippen molar-refractivity contribution in [2.24, 2.45) is 5.18 Å². The largest absolute Gasteiger partial charge is 0.424 e. The van der Waals surface area contributed by atoms with Crippen LogP contribution in [0.15, 0.2) is 23.4 Å². The first-order valence-electron chi connectivity index (χ1n) is 3.55. The first-order chi connectivity index (χ1) is 6.13. The van der Waals surface area contributed by atoms with Crippen molar-refractivity contribution in [3.8, 4) is 5.75 Å². The van der Waals surface area contributed by atoms with E-state index in [1.165, 1.54) is 25.1 Å². The second-order valence-electron chi connectivity index (χ2n) is 2.41. The van der Waals surface area contributed by atoms with E-state index in [4.69, 9.17) is 10.5 Å². The van der Waals surface area contributed by atoms with Gasteiger partial charge >= 0.3 is 5.97 Å². The number of benzene rings is 1. The summed E-state index contributed by atoms with van der Waals surface area (Å²) in [6, 6.07) is 4.20. The van der Waals surface area contributed by atoms with E-state index in [0.29, 0.717) is 5.69 Å². The average Bonchev–Trinajstić information content (AvgIpc) is 2.08. The summed E-state index contributed by atoms with van der Waals surface area (Å²) in [6.07, 6.45) is 0. The highest BCUT2D eigenvalue weighted by Gasteiger charge is 2.04. The average molecular weight is 180 g/mol.